The summed E-state index contributed by atoms with van der Waals surface area (Å²) in [6.45, 7) is 3.14. The second kappa shape index (κ2) is 8.49. The van der Waals surface area contributed by atoms with Gasteiger partial charge in [-0.3, -0.25) is 4.79 Å². The Kier molecular flexibility index (Phi) is 6.09. The van der Waals surface area contributed by atoms with Crippen LogP contribution in [0.3, 0.4) is 0 Å². The molecule has 0 aliphatic carbocycles. The summed E-state index contributed by atoms with van der Waals surface area (Å²) >= 11 is 3.09. The van der Waals surface area contributed by atoms with Crippen LogP contribution in [0.4, 0.5) is 0 Å². The Morgan fingerprint density at radius 1 is 1.32 bits per heavy atom. The Hall–Kier alpha value is -1.86. The zero-order valence-corrected chi connectivity index (χ0v) is 15.6. The van der Waals surface area contributed by atoms with E-state index >= 15 is 0 Å². The smallest absolute Gasteiger partial charge is 0.340 e. The summed E-state index contributed by atoms with van der Waals surface area (Å²) in [5.41, 5.74) is 3.27. The van der Waals surface area contributed by atoms with Gasteiger partial charge in [0.05, 0.1) is 16.8 Å². The predicted molar refractivity (Wildman–Crippen MR) is 98.8 cm³/mol. The summed E-state index contributed by atoms with van der Waals surface area (Å²) in [4.78, 5) is 31.7. The van der Waals surface area contributed by atoms with Gasteiger partial charge in [-0.25, -0.2) is 9.78 Å². The van der Waals surface area contributed by atoms with Gasteiger partial charge in [0.1, 0.15) is 0 Å². The molecule has 0 saturated carbocycles. The van der Waals surface area contributed by atoms with Crippen LogP contribution in [0, 0.1) is 0 Å². The van der Waals surface area contributed by atoms with E-state index in [2.05, 4.69) is 4.98 Å². The van der Waals surface area contributed by atoms with E-state index in [4.69, 9.17) is 4.74 Å². The van der Waals surface area contributed by atoms with Crippen molar-refractivity contribution in [2.75, 3.05) is 13.1 Å². The molecule has 1 saturated heterocycles. The lowest BCUT2D eigenvalue weighted by Gasteiger charge is -2.20. The topological polar surface area (TPSA) is 59.5 Å². The number of carbonyl (C=O) groups is 2. The zero-order valence-electron chi connectivity index (χ0n) is 14.0. The average Bonchev–Trinajstić information content (AvgIpc) is 3.33. The standard InChI is InChI=1S/C18H20N2O3S2/c1-13(17(21)20-8-4-5-9-20)23-18(22)15-6-2-3-7-16(15)25-11-14-10-24-12-19-14/h2-3,6-7,10,12-13H,4-5,8-9,11H2,1H3. The Bertz CT molecular complexity index is 728. The van der Waals surface area contributed by atoms with Gasteiger partial charge in [-0.1, -0.05) is 12.1 Å². The van der Waals surface area contributed by atoms with Crippen molar-refractivity contribution in [3.05, 3.63) is 46.4 Å². The van der Waals surface area contributed by atoms with E-state index in [1.165, 1.54) is 0 Å². The van der Waals surface area contributed by atoms with Crippen molar-refractivity contribution in [2.45, 2.75) is 36.5 Å². The van der Waals surface area contributed by atoms with Crippen LogP contribution in [0.5, 0.6) is 0 Å². The van der Waals surface area contributed by atoms with Crippen molar-refractivity contribution in [1.82, 2.24) is 9.88 Å². The molecule has 7 heteroatoms. The molecule has 0 bridgehead atoms. The second-order valence-electron chi connectivity index (χ2n) is 5.84. The van der Waals surface area contributed by atoms with Crippen LogP contribution in [0.1, 0.15) is 35.8 Å². The first-order chi connectivity index (χ1) is 12.1. The lowest BCUT2D eigenvalue weighted by Crippen LogP contribution is -2.38. The molecule has 1 atom stereocenters. The highest BCUT2D eigenvalue weighted by Gasteiger charge is 2.27. The molecule has 2 heterocycles. The highest BCUT2D eigenvalue weighted by atomic mass is 32.2. The largest absolute Gasteiger partial charge is 0.449 e. The number of aromatic nitrogens is 1. The summed E-state index contributed by atoms with van der Waals surface area (Å²) < 4.78 is 5.43. The number of hydrogen-bond donors (Lipinski definition) is 0. The minimum atomic E-state index is -0.762. The molecule has 0 spiro atoms. The molecule has 0 radical (unpaired) electrons. The summed E-state index contributed by atoms with van der Waals surface area (Å²) in [6.07, 6.45) is 1.27. The van der Waals surface area contributed by atoms with Crippen molar-refractivity contribution >= 4 is 35.0 Å². The molecule has 3 rings (SSSR count). The normalized spacial score (nSPS) is 15.2. The molecular formula is C18H20N2O3S2. The van der Waals surface area contributed by atoms with Crippen LogP contribution in [0.15, 0.2) is 40.1 Å². The Balaban J connectivity index is 1.64. The maximum atomic E-state index is 12.5. The minimum absolute atomic E-state index is 0.113. The summed E-state index contributed by atoms with van der Waals surface area (Å²) in [7, 11) is 0. The third kappa shape index (κ3) is 4.61. The fourth-order valence-electron chi connectivity index (χ4n) is 2.69. The molecule has 1 unspecified atom stereocenters. The Labute approximate surface area is 155 Å². The molecule has 2 aromatic rings. The lowest BCUT2D eigenvalue weighted by molar-refractivity contribution is -0.138. The fourth-order valence-corrected chi connectivity index (χ4v) is 4.30. The van der Waals surface area contributed by atoms with Crippen LogP contribution in [-0.2, 0) is 15.3 Å². The maximum Gasteiger partial charge on any atom is 0.340 e. The van der Waals surface area contributed by atoms with Crippen LogP contribution in [0.25, 0.3) is 0 Å². The van der Waals surface area contributed by atoms with Gasteiger partial charge >= 0.3 is 5.97 Å². The summed E-state index contributed by atoms with van der Waals surface area (Å²) in [5.74, 6) is 0.121. The molecule has 132 valence electrons. The van der Waals surface area contributed by atoms with E-state index < -0.39 is 12.1 Å². The molecule has 1 amide bonds. The second-order valence-corrected chi connectivity index (χ2v) is 7.58. The summed E-state index contributed by atoms with van der Waals surface area (Å²) in [5, 5.41) is 1.99. The van der Waals surface area contributed by atoms with E-state index in [1.807, 2.05) is 17.5 Å². The molecule has 1 fully saturated rings. The van der Waals surface area contributed by atoms with Gasteiger partial charge in [-0.15, -0.1) is 23.1 Å². The van der Waals surface area contributed by atoms with Crippen LogP contribution >= 0.6 is 23.1 Å². The van der Waals surface area contributed by atoms with E-state index in [0.717, 1.165) is 36.5 Å². The molecule has 0 N–H and O–H groups in total. The Morgan fingerprint density at radius 2 is 2.08 bits per heavy atom. The molecule has 1 aliphatic heterocycles. The van der Waals surface area contributed by atoms with Crippen LogP contribution in [0.2, 0.25) is 0 Å². The quantitative estimate of drug-likeness (QED) is 0.569. The molecule has 5 nitrogen and oxygen atoms in total. The van der Waals surface area contributed by atoms with Gasteiger partial charge in [0.15, 0.2) is 6.10 Å². The molecule has 1 aromatic carbocycles. The molecule has 1 aliphatic rings. The van der Waals surface area contributed by atoms with Gasteiger partial charge in [-0.2, -0.15) is 0 Å². The van der Waals surface area contributed by atoms with Gasteiger partial charge in [0.2, 0.25) is 0 Å². The third-order valence-corrected chi connectivity index (χ3v) is 5.76. The first-order valence-electron chi connectivity index (χ1n) is 8.24. The number of nitrogens with zero attached hydrogens (tertiary/aromatic N) is 2. The van der Waals surface area contributed by atoms with E-state index in [-0.39, 0.29) is 5.91 Å². The van der Waals surface area contributed by atoms with E-state index in [1.54, 1.807) is 52.6 Å². The third-order valence-electron chi connectivity index (χ3n) is 4.02. The maximum absolute atomic E-state index is 12.5. The number of carbonyl (C=O) groups excluding carboxylic acids is 2. The van der Waals surface area contributed by atoms with Gasteiger partial charge < -0.3 is 9.64 Å². The van der Waals surface area contributed by atoms with Crippen molar-refractivity contribution < 1.29 is 14.3 Å². The Morgan fingerprint density at radius 3 is 2.80 bits per heavy atom. The number of thiazole rings is 1. The average molecular weight is 377 g/mol. The van der Waals surface area contributed by atoms with E-state index in [9.17, 15) is 9.59 Å². The highest BCUT2D eigenvalue weighted by Crippen LogP contribution is 2.27. The SMILES string of the molecule is CC(OC(=O)c1ccccc1SCc1cscn1)C(=O)N1CCCC1. The van der Waals surface area contributed by atoms with Gasteiger partial charge in [0, 0.05) is 29.1 Å². The van der Waals surface area contributed by atoms with Crippen LogP contribution < -0.4 is 0 Å². The summed E-state index contributed by atoms with van der Waals surface area (Å²) in [6, 6.07) is 7.31. The minimum Gasteiger partial charge on any atom is -0.449 e. The van der Waals surface area contributed by atoms with Gasteiger partial charge in [0.25, 0.3) is 5.91 Å². The van der Waals surface area contributed by atoms with Crippen LogP contribution in [-0.4, -0.2) is 41.0 Å². The molecule has 1 aromatic heterocycles. The number of thioether (sulfide) groups is 1. The number of likely N-dealkylation sites (tertiary alicyclic amines) is 1. The fraction of sp³-hybridized carbons (Fsp3) is 0.389. The number of hydrogen-bond acceptors (Lipinski definition) is 6. The monoisotopic (exact) mass is 376 g/mol. The zero-order chi connectivity index (χ0) is 17.6. The number of rotatable bonds is 6. The number of amides is 1. The molecular weight excluding hydrogens is 356 g/mol. The van der Waals surface area contributed by atoms with Gasteiger partial charge in [-0.05, 0) is 31.9 Å². The number of ether oxygens (including phenoxy) is 1. The van der Waals surface area contributed by atoms with Crippen molar-refractivity contribution in [2.24, 2.45) is 0 Å². The highest BCUT2D eigenvalue weighted by molar-refractivity contribution is 7.98. The number of benzene rings is 1. The lowest BCUT2D eigenvalue weighted by atomic mass is 10.2. The van der Waals surface area contributed by atoms with Crippen molar-refractivity contribution in [1.29, 1.82) is 0 Å². The first kappa shape index (κ1) is 17.9. The predicted octanol–water partition coefficient (Wildman–Crippen LogP) is 3.60. The molecule has 25 heavy (non-hydrogen) atoms. The number of esters is 1. The first-order valence-corrected chi connectivity index (χ1v) is 10.2. The van der Waals surface area contributed by atoms with Crippen molar-refractivity contribution in [3.8, 4) is 0 Å². The van der Waals surface area contributed by atoms with Crippen molar-refractivity contribution in [3.63, 3.8) is 0 Å². The van der Waals surface area contributed by atoms with E-state index in [0.29, 0.717) is 11.3 Å².